The maximum absolute atomic E-state index is 12.7. The Labute approximate surface area is 171 Å². The summed E-state index contributed by atoms with van der Waals surface area (Å²) in [4.78, 5) is 16.9. The van der Waals surface area contributed by atoms with E-state index >= 15 is 0 Å². The molecule has 0 radical (unpaired) electrons. The van der Waals surface area contributed by atoms with E-state index in [4.69, 9.17) is 11.6 Å². The number of nitrogens with one attached hydrogen (secondary N) is 2. The maximum Gasteiger partial charge on any atom is 0.416 e. The van der Waals surface area contributed by atoms with E-state index in [0.29, 0.717) is 22.6 Å². The molecule has 2 N–H and O–H groups in total. The molecular weight excluding hydrogens is 425 g/mol. The molecule has 13 heteroatoms. The third kappa shape index (κ3) is 3.68. The molecule has 0 aliphatic heterocycles. The van der Waals surface area contributed by atoms with Crippen LogP contribution < -0.4 is 5.32 Å². The van der Waals surface area contributed by atoms with Crippen molar-refractivity contribution in [2.45, 2.75) is 19.6 Å². The molecule has 3 heterocycles. The largest absolute Gasteiger partial charge is 0.416 e. The van der Waals surface area contributed by atoms with Gasteiger partial charge < -0.3 is 5.32 Å². The number of benzene rings is 1. The summed E-state index contributed by atoms with van der Waals surface area (Å²) in [5.74, 6) is -0.221. The van der Waals surface area contributed by atoms with Gasteiger partial charge in [0.25, 0.3) is 5.91 Å². The van der Waals surface area contributed by atoms with Gasteiger partial charge in [-0.3, -0.25) is 4.79 Å². The van der Waals surface area contributed by atoms with Gasteiger partial charge in [0.15, 0.2) is 11.5 Å². The zero-order chi connectivity index (χ0) is 21.5. The molecule has 4 aromatic rings. The van der Waals surface area contributed by atoms with Crippen LogP contribution in [-0.4, -0.2) is 41.3 Å². The number of pyridine rings is 1. The number of alkyl halides is 3. The van der Waals surface area contributed by atoms with Gasteiger partial charge in [-0.25, -0.2) is 9.67 Å². The molecule has 0 fully saturated rings. The van der Waals surface area contributed by atoms with Crippen LogP contribution in [0.1, 0.15) is 27.4 Å². The number of fused-ring (bicyclic) bond motifs is 1. The lowest BCUT2D eigenvalue weighted by Gasteiger charge is -2.10. The number of nitrogens with zero attached hydrogens (tertiary/aromatic N) is 6. The summed E-state index contributed by atoms with van der Waals surface area (Å²) < 4.78 is 39.5. The predicted octanol–water partition coefficient (Wildman–Crippen LogP) is 3.23. The second-order valence-electron chi connectivity index (χ2n) is 6.28. The molecule has 0 saturated heterocycles. The van der Waals surface area contributed by atoms with Crippen LogP contribution in [0.15, 0.2) is 30.5 Å². The van der Waals surface area contributed by atoms with Crippen molar-refractivity contribution in [3.63, 3.8) is 0 Å². The average Bonchev–Trinajstić information content (AvgIpc) is 3.30. The van der Waals surface area contributed by atoms with Crippen molar-refractivity contribution in [1.29, 1.82) is 0 Å². The molecule has 0 unspecified atom stereocenters. The number of halogens is 4. The maximum atomic E-state index is 12.7. The lowest BCUT2D eigenvalue weighted by molar-refractivity contribution is -0.137. The highest BCUT2D eigenvalue weighted by Crippen LogP contribution is 2.31. The van der Waals surface area contributed by atoms with Crippen molar-refractivity contribution in [2.24, 2.45) is 0 Å². The fraction of sp³-hybridized carbons (Fsp3) is 0.176. The van der Waals surface area contributed by atoms with Gasteiger partial charge in [-0.05, 0) is 31.2 Å². The van der Waals surface area contributed by atoms with E-state index in [1.807, 2.05) is 0 Å². The fourth-order valence-corrected chi connectivity index (χ4v) is 3.22. The molecule has 30 heavy (non-hydrogen) atoms. The fourth-order valence-electron chi connectivity index (χ4n) is 2.87. The van der Waals surface area contributed by atoms with Gasteiger partial charge in [0.2, 0.25) is 0 Å². The molecule has 0 saturated carbocycles. The average molecular weight is 437 g/mol. The predicted molar refractivity (Wildman–Crippen MR) is 100.0 cm³/mol. The van der Waals surface area contributed by atoms with Crippen LogP contribution in [0.4, 0.5) is 18.9 Å². The Morgan fingerprint density at radius 3 is 2.63 bits per heavy atom. The lowest BCUT2D eigenvalue weighted by Crippen LogP contribution is -2.14. The van der Waals surface area contributed by atoms with Crippen molar-refractivity contribution in [1.82, 2.24) is 35.4 Å². The van der Waals surface area contributed by atoms with E-state index in [2.05, 4.69) is 36.0 Å². The monoisotopic (exact) mass is 436 g/mol. The van der Waals surface area contributed by atoms with Crippen LogP contribution in [0.2, 0.25) is 5.02 Å². The van der Waals surface area contributed by atoms with Gasteiger partial charge in [0, 0.05) is 11.9 Å². The SMILES string of the molecule is Cc1nn(Cc2nn[nH]n2)c2ncc(C(=O)Nc3ccc(C(F)(F)F)cc3)c(Cl)c12. The molecule has 1 amide bonds. The number of aromatic nitrogens is 7. The third-order valence-electron chi connectivity index (χ3n) is 4.27. The Morgan fingerprint density at radius 1 is 1.27 bits per heavy atom. The summed E-state index contributed by atoms with van der Waals surface area (Å²) in [6.07, 6.45) is -3.18. The molecule has 154 valence electrons. The molecular formula is C17H12ClF3N8O. The van der Waals surface area contributed by atoms with Crippen molar-refractivity contribution < 1.29 is 18.0 Å². The highest BCUT2D eigenvalue weighted by molar-refractivity contribution is 6.39. The summed E-state index contributed by atoms with van der Waals surface area (Å²) in [5.41, 5.74) is 0.398. The van der Waals surface area contributed by atoms with E-state index in [1.54, 1.807) is 6.92 Å². The molecule has 0 aliphatic rings. The van der Waals surface area contributed by atoms with Crippen molar-refractivity contribution in [3.8, 4) is 0 Å². The van der Waals surface area contributed by atoms with E-state index in [0.717, 1.165) is 24.3 Å². The molecule has 0 spiro atoms. The summed E-state index contributed by atoms with van der Waals surface area (Å²) >= 11 is 6.44. The van der Waals surface area contributed by atoms with Crippen LogP contribution >= 0.6 is 11.6 Å². The Kier molecular flexibility index (Phi) is 4.86. The van der Waals surface area contributed by atoms with Crippen molar-refractivity contribution >= 4 is 34.2 Å². The number of tetrazole rings is 1. The zero-order valence-electron chi connectivity index (χ0n) is 15.2. The van der Waals surface area contributed by atoms with Gasteiger partial charge in [0.1, 0.15) is 6.54 Å². The highest BCUT2D eigenvalue weighted by atomic mass is 35.5. The summed E-state index contributed by atoms with van der Waals surface area (Å²) in [6, 6.07) is 4.08. The molecule has 4 rings (SSSR count). The quantitative estimate of drug-likeness (QED) is 0.507. The van der Waals surface area contributed by atoms with E-state index in [1.165, 1.54) is 10.9 Å². The second-order valence-corrected chi connectivity index (χ2v) is 6.66. The first-order valence-electron chi connectivity index (χ1n) is 8.46. The first-order valence-corrected chi connectivity index (χ1v) is 8.84. The topological polar surface area (TPSA) is 114 Å². The first kappa shape index (κ1) is 19.8. The van der Waals surface area contributed by atoms with E-state index in [-0.39, 0.29) is 22.8 Å². The number of aryl methyl sites for hydroxylation is 1. The number of aromatic amines is 1. The van der Waals surface area contributed by atoms with Crippen LogP contribution in [0.25, 0.3) is 11.0 Å². The Morgan fingerprint density at radius 2 is 2.00 bits per heavy atom. The number of amides is 1. The standard InChI is InChI=1S/C17H12ClF3N8O/c1-8-13-14(18)11(6-22-15(13)29(26-8)7-12-24-27-28-25-12)16(30)23-10-4-2-9(3-5-10)17(19,20)21/h2-6H,7H2,1H3,(H,23,30)(H,24,25,27,28). The number of H-pyrrole nitrogens is 1. The zero-order valence-corrected chi connectivity index (χ0v) is 16.0. The molecule has 9 nitrogen and oxygen atoms in total. The Bertz CT molecular complexity index is 1220. The van der Waals surface area contributed by atoms with Gasteiger partial charge in [-0.15, -0.1) is 10.2 Å². The number of anilines is 1. The van der Waals surface area contributed by atoms with Crippen molar-refractivity contribution in [2.75, 3.05) is 5.32 Å². The minimum Gasteiger partial charge on any atom is -0.322 e. The molecule has 1 aromatic carbocycles. The number of hydrogen-bond acceptors (Lipinski definition) is 6. The molecule has 0 atom stereocenters. The summed E-state index contributed by atoms with van der Waals surface area (Å²) in [5, 5.41) is 21.0. The smallest absolute Gasteiger partial charge is 0.322 e. The van der Waals surface area contributed by atoms with Crippen LogP contribution in [-0.2, 0) is 12.7 Å². The highest BCUT2D eigenvalue weighted by Gasteiger charge is 2.30. The number of hydrogen-bond donors (Lipinski definition) is 2. The number of rotatable bonds is 4. The molecule has 0 bridgehead atoms. The summed E-state index contributed by atoms with van der Waals surface area (Å²) in [6.45, 7) is 1.90. The molecule has 0 aliphatic carbocycles. The second kappa shape index (κ2) is 7.37. The first-order chi connectivity index (χ1) is 14.2. The van der Waals surface area contributed by atoms with Crippen LogP contribution in [0.3, 0.4) is 0 Å². The van der Waals surface area contributed by atoms with Gasteiger partial charge >= 0.3 is 6.18 Å². The van der Waals surface area contributed by atoms with Crippen LogP contribution in [0.5, 0.6) is 0 Å². The summed E-state index contributed by atoms with van der Waals surface area (Å²) in [7, 11) is 0. The van der Waals surface area contributed by atoms with Gasteiger partial charge in [-0.2, -0.15) is 23.5 Å². The van der Waals surface area contributed by atoms with E-state index in [9.17, 15) is 18.0 Å². The minimum absolute atomic E-state index is 0.0614. The van der Waals surface area contributed by atoms with Gasteiger partial charge in [-0.1, -0.05) is 16.8 Å². The lowest BCUT2D eigenvalue weighted by atomic mass is 10.1. The minimum atomic E-state index is -4.46. The normalized spacial score (nSPS) is 11.8. The van der Waals surface area contributed by atoms with Gasteiger partial charge in [0.05, 0.1) is 27.2 Å². The Hall–Kier alpha value is -3.54. The number of carbonyl (C=O) groups is 1. The molecule has 3 aromatic heterocycles. The Balaban J connectivity index is 1.62. The van der Waals surface area contributed by atoms with Crippen LogP contribution in [0, 0.1) is 6.92 Å². The number of carbonyl (C=O) groups excluding carboxylic acids is 1. The third-order valence-corrected chi connectivity index (χ3v) is 4.66. The van der Waals surface area contributed by atoms with Crippen molar-refractivity contribution in [3.05, 3.63) is 58.1 Å². The van der Waals surface area contributed by atoms with E-state index < -0.39 is 17.6 Å².